The Bertz CT molecular complexity index is 1580. The maximum Gasteiger partial charge on any atom is 0.451 e. The lowest BCUT2D eigenvalue weighted by atomic mass is 9.85. The van der Waals surface area contributed by atoms with E-state index < -0.39 is 58.4 Å². The van der Waals surface area contributed by atoms with Crippen LogP contribution in [-0.4, -0.2) is 77.5 Å². The number of carboxylic acid groups (broad SMARTS) is 1. The number of benzene rings is 2. The van der Waals surface area contributed by atoms with Crippen molar-refractivity contribution < 1.29 is 45.8 Å². The number of nitrogens with zero attached hydrogens (tertiary/aromatic N) is 3. The van der Waals surface area contributed by atoms with Gasteiger partial charge in [-0.25, -0.2) is 27.8 Å². The first-order valence-corrected chi connectivity index (χ1v) is 16.4. The number of nitrogens with one attached hydrogen (secondary N) is 3. The summed E-state index contributed by atoms with van der Waals surface area (Å²) < 4.78 is 91.8. The zero-order chi connectivity index (χ0) is 33.9. The minimum absolute atomic E-state index is 0.0119. The van der Waals surface area contributed by atoms with Gasteiger partial charge in [0.1, 0.15) is 17.7 Å². The van der Waals surface area contributed by atoms with Crippen LogP contribution in [0.25, 0.3) is 0 Å². The molecule has 2 saturated heterocycles. The first kappa shape index (κ1) is 34.4. The van der Waals surface area contributed by atoms with Crippen LogP contribution < -0.4 is 16.0 Å². The lowest BCUT2D eigenvalue weighted by molar-refractivity contribution is -0.145. The van der Waals surface area contributed by atoms with Gasteiger partial charge in [0.2, 0.25) is 11.7 Å². The van der Waals surface area contributed by atoms with E-state index in [1.165, 1.54) is 30.3 Å². The van der Waals surface area contributed by atoms with Gasteiger partial charge in [0.25, 0.3) is 0 Å². The lowest BCUT2D eigenvalue weighted by Gasteiger charge is -2.49. The largest absolute Gasteiger partial charge is 0.465 e. The first-order valence-electron chi connectivity index (χ1n) is 14.7. The van der Waals surface area contributed by atoms with Crippen LogP contribution in [0, 0.1) is 11.6 Å². The highest BCUT2D eigenvalue weighted by molar-refractivity contribution is 8.22. The van der Waals surface area contributed by atoms with Crippen molar-refractivity contribution in [1.29, 1.82) is 0 Å². The molecular weight excluding hydrogens is 651 g/mol. The van der Waals surface area contributed by atoms with Crippen LogP contribution in [0.3, 0.4) is 0 Å². The molecule has 3 aromatic rings. The molecule has 1 unspecified atom stereocenters. The number of anilines is 1. The van der Waals surface area contributed by atoms with Gasteiger partial charge in [0, 0.05) is 54.7 Å². The van der Waals surface area contributed by atoms with E-state index in [-0.39, 0.29) is 53.1 Å². The van der Waals surface area contributed by atoms with Crippen molar-refractivity contribution >= 4 is 28.5 Å². The summed E-state index contributed by atoms with van der Waals surface area (Å²) in [5, 5.41) is 17.7. The third-order valence-corrected chi connectivity index (χ3v) is 10.3. The van der Waals surface area contributed by atoms with E-state index in [9.17, 15) is 41.4 Å². The number of fused-ring (bicyclic) bond motifs is 2. The van der Waals surface area contributed by atoms with E-state index in [0.717, 1.165) is 30.9 Å². The molecule has 2 bridgehead atoms. The molecule has 0 spiro atoms. The second kappa shape index (κ2) is 14.1. The van der Waals surface area contributed by atoms with Gasteiger partial charge in [-0.2, -0.15) is 13.2 Å². The Morgan fingerprint density at radius 2 is 1.77 bits per heavy atom. The van der Waals surface area contributed by atoms with E-state index >= 15 is 4.39 Å². The number of halogens is 5. The Morgan fingerprint density at radius 3 is 2.43 bits per heavy atom. The smallest absolute Gasteiger partial charge is 0.451 e. The molecule has 2 fully saturated rings. The van der Waals surface area contributed by atoms with Crippen LogP contribution in [0.15, 0.2) is 54.9 Å². The van der Waals surface area contributed by atoms with E-state index in [0.29, 0.717) is 19.5 Å². The van der Waals surface area contributed by atoms with E-state index in [1.54, 1.807) is 4.31 Å². The summed E-state index contributed by atoms with van der Waals surface area (Å²) >= 11 is 0. The van der Waals surface area contributed by atoms with Crippen LogP contribution in [0.1, 0.15) is 47.7 Å². The van der Waals surface area contributed by atoms with Gasteiger partial charge in [-0.1, -0.05) is 18.2 Å². The van der Waals surface area contributed by atoms with E-state index in [2.05, 4.69) is 25.9 Å². The third-order valence-electron chi connectivity index (χ3n) is 8.31. The standard InChI is InChI=1S/C30H33F5N6O5S/c31-19-8-6-17(7-9-19)25(18-13-37-28(38-14-18)30(33,34)35)26(40-29(43)44)27(42)39-24-5-1-4-23(32)22(24)11-10-21-15-36-20-3-2-12-47(45,46)41(21)16-20/h1,4-9,13-14,20-21,25-26,36,40,45-46H,2-3,10-12,15-16H2,(H,39,42)(H,43,44)/t20-,21+,25+,26+/m1/s1. The molecule has 3 heterocycles. The summed E-state index contributed by atoms with van der Waals surface area (Å²) in [4.78, 5) is 32.4. The van der Waals surface area contributed by atoms with Gasteiger partial charge < -0.3 is 21.1 Å². The summed E-state index contributed by atoms with van der Waals surface area (Å²) in [5.41, 5.74) is 0.164. The summed E-state index contributed by atoms with van der Waals surface area (Å²) in [6, 6.07) is 6.53. The minimum atomic E-state index is -4.87. The van der Waals surface area contributed by atoms with Crippen LogP contribution in [0.2, 0.25) is 0 Å². The van der Waals surface area contributed by atoms with Crippen molar-refractivity contribution in [2.24, 2.45) is 0 Å². The highest BCUT2D eigenvalue weighted by Gasteiger charge is 2.39. The highest BCUT2D eigenvalue weighted by Crippen LogP contribution is 2.49. The summed E-state index contributed by atoms with van der Waals surface area (Å²) in [6.07, 6.45) is -3.11. The van der Waals surface area contributed by atoms with Gasteiger partial charge in [-0.15, -0.1) is 10.8 Å². The van der Waals surface area contributed by atoms with Crippen LogP contribution >= 0.6 is 10.8 Å². The second-order valence-corrected chi connectivity index (χ2v) is 13.6. The Kier molecular flexibility index (Phi) is 10.3. The number of amides is 2. The number of carbonyl (C=O) groups is 2. The molecule has 0 aliphatic carbocycles. The van der Waals surface area contributed by atoms with Gasteiger partial charge in [-0.05, 0) is 61.1 Å². The summed E-state index contributed by atoms with van der Waals surface area (Å²) in [5.74, 6) is -4.86. The van der Waals surface area contributed by atoms with Crippen molar-refractivity contribution in [2.45, 2.75) is 55.9 Å². The molecule has 5 atom stereocenters. The van der Waals surface area contributed by atoms with Crippen molar-refractivity contribution in [3.63, 3.8) is 0 Å². The lowest BCUT2D eigenvalue weighted by Crippen LogP contribution is -2.55. The predicted molar refractivity (Wildman–Crippen MR) is 163 cm³/mol. The molecule has 254 valence electrons. The van der Waals surface area contributed by atoms with E-state index in [4.69, 9.17) is 0 Å². The van der Waals surface area contributed by atoms with Gasteiger partial charge in [-0.3, -0.25) is 13.9 Å². The van der Waals surface area contributed by atoms with Crippen LogP contribution in [0.4, 0.5) is 32.4 Å². The number of carbonyl (C=O) groups excluding carboxylic acids is 1. The van der Waals surface area contributed by atoms with E-state index in [1.807, 2.05) is 0 Å². The molecule has 2 aliphatic rings. The molecule has 11 nitrogen and oxygen atoms in total. The number of alkyl halides is 3. The SMILES string of the molecule is O=C(O)N[C@H](C(=O)Nc1cccc(F)c1CC[C@H]1CN[C@@H]2CCCS(O)(O)N1C2)[C@@H](c1ccc(F)cc1)c1cnc(C(F)(F)F)nc1. The molecule has 2 aliphatic heterocycles. The maximum absolute atomic E-state index is 15.3. The fourth-order valence-electron chi connectivity index (χ4n) is 6.05. The average Bonchev–Trinajstić information content (AvgIpc) is 3.12. The van der Waals surface area contributed by atoms with Gasteiger partial charge in [0.05, 0.1) is 5.75 Å². The molecule has 6 N–H and O–H groups in total. The number of hydrogen-bond donors (Lipinski definition) is 6. The van der Waals surface area contributed by atoms with Crippen molar-refractivity contribution in [3.05, 3.63) is 89.0 Å². The normalized spacial score (nSPS) is 22.7. The molecule has 5 rings (SSSR count). The minimum Gasteiger partial charge on any atom is -0.465 e. The molecule has 1 aromatic heterocycles. The second-order valence-electron chi connectivity index (χ2n) is 11.4. The molecular formula is C30H33F5N6O5S. The number of rotatable bonds is 9. The quantitative estimate of drug-likeness (QED) is 0.166. The highest BCUT2D eigenvalue weighted by atomic mass is 32.3. The monoisotopic (exact) mass is 684 g/mol. The molecule has 17 heteroatoms. The fourth-order valence-corrected chi connectivity index (χ4v) is 7.92. The van der Waals surface area contributed by atoms with Crippen molar-refractivity contribution in [2.75, 3.05) is 24.2 Å². The van der Waals surface area contributed by atoms with Crippen LogP contribution in [0.5, 0.6) is 0 Å². The fraction of sp³-hybridized carbons (Fsp3) is 0.400. The maximum atomic E-state index is 15.3. The zero-order valence-corrected chi connectivity index (χ0v) is 25.6. The van der Waals surface area contributed by atoms with Gasteiger partial charge >= 0.3 is 12.3 Å². The van der Waals surface area contributed by atoms with Crippen molar-refractivity contribution in [1.82, 2.24) is 24.9 Å². The molecule has 47 heavy (non-hydrogen) atoms. The Labute approximate surface area is 268 Å². The third kappa shape index (κ3) is 8.16. The topological polar surface area (TPSA) is 160 Å². The molecule has 2 aromatic carbocycles. The first-order chi connectivity index (χ1) is 22.2. The van der Waals surface area contributed by atoms with Crippen molar-refractivity contribution in [3.8, 4) is 0 Å². The predicted octanol–water partition coefficient (Wildman–Crippen LogP) is 5.21. The average molecular weight is 685 g/mol. The Morgan fingerprint density at radius 1 is 1.06 bits per heavy atom. The Balaban J connectivity index is 1.44. The molecule has 0 radical (unpaired) electrons. The number of hydrogen-bond acceptors (Lipinski definition) is 8. The summed E-state index contributed by atoms with van der Waals surface area (Å²) in [7, 11) is -3.01. The van der Waals surface area contributed by atoms with Crippen LogP contribution in [-0.2, 0) is 17.4 Å². The van der Waals surface area contributed by atoms with Gasteiger partial charge in [0.15, 0.2) is 0 Å². The number of aromatic nitrogens is 2. The Hall–Kier alpha value is -3.90. The molecule has 2 amide bonds. The zero-order valence-electron chi connectivity index (χ0n) is 24.8. The molecule has 0 saturated carbocycles. The summed E-state index contributed by atoms with van der Waals surface area (Å²) in [6.45, 7) is 0.866. The number of piperazine rings is 1.